The number of nitrogens with two attached hydrogens (primary N) is 1. The van der Waals surface area contributed by atoms with Crippen LogP contribution < -0.4 is 5.73 Å². The molecule has 1 aliphatic rings. The fourth-order valence-electron chi connectivity index (χ4n) is 3.90. The van der Waals surface area contributed by atoms with Gasteiger partial charge in [-0.15, -0.1) is 11.3 Å². The molecule has 5 rings (SSSR count). The molecule has 152 valence electrons. The maximum atomic E-state index is 12.8. The number of fused-ring (bicyclic) bond motifs is 2. The summed E-state index contributed by atoms with van der Waals surface area (Å²) in [6.07, 6.45) is 1.47. The van der Waals surface area contributed by atoms with Gasteiger partial charge in [0.15, 0.2) is 0 Å². The second-order valence-corrected chi connectivity index (χ2v) is 9.27. The molecule has 0 spiro atoms. The molecule has 8 heteroatoms. The number of carbonyl (C=O) groups is 1. The van der Waals surface area contributed by atoms with Crippen molar-refractivity contribution in [1.29, 1.82) is 0 Å². The summed E-state index contributed by atoms with van der Waals surface area (Å²) in [5, 5.41) is 2.00. The summed E-state index contributed by atoms with van der Waals surface area (Å²) < 4.78 is 1.98. The van der Waals surface area contributed by atoms with E-state index in [0.29, 0.717) is 25.5 Å². The number of thiophene rings is 1. The average molecular weight is 438 g/mol. The molecule has 2 N–H and O–H groups in total. The van der Waals surface area contributed by atoms with Crippen LogP contribution in [0, 0.1) is 0 Å². The molecule has 6 nitrogen and oxygen atoms in total. The van der Waals surface area contributed by atoms with Gasteiger partial charge < -0.3 is 10.6 Å². The van der Waals surface area contributed by atoms with Gasteiger partial charge in [0.2, 0.25) is 5.91 Å². The first-order chi connectivity index (χ1) is 14.5. The van der Waals surface area contributed by atoms with E-state index in [1.165, 1.54) is 16.6 Å². The quantitative estimate of drug-likeness (QED) is 0.523. The molecular formula is C22H20ClN5OS. The Morgan fingerprint density at radius 2 is 1.87 bits per heavy atom. The number of halogens is 1. The number of nitrogens with zero attached hydrogens (tertiary/aromatic N) is 4. The highest BCUT2D eigenvalue weighted by atomic mass is 35.5. The highest BCUT2D eigenvalue weighted by molar-refractivity contribution is 7.22. The molecule has 0 unspecified atom stereocenters. The SMILES string of the molecule is Nc1ncnc2cc(CN3CCN(Cc4ccc5cc(Cl)sc5c4)CC3=O)ccc12. The first-order valence-electron chi connectivity index (χ1n) is 9.72. The van der Waals surface area contributed by atoms with Crippen LogP contribution in [0.25, 0.3) is 21.0 Å². The lowest BCUT2D eigenvalue weighted by atomic mass is 10.1. The fraction of sp³-hybridized carbons (Fsp3) is 0.227. The molecule has 0 saturated carbocycles. The number of benzene rings is 2. The summed E-state index contributed by atoms with van der Waals surface area (Å²) in [4.78, 5) is 25.2. The highest BCUT2D eigenvalue weighted by Gasteiger charge is 2.24. The molecule has 1 amide bonds. The van der Waals surface area contributed by atoms with Gasteiger partial charge in [-0.3, -0.25) is 9.69 Å². The molecule has 4 aromatic rings. The molecule has 2 aromatic heterocycles. The summed E-state index contributed by atoms with van der Waals surface area (Å²) >= 11 is 7.70. The third-order valence-electron chi connectivity index (χ3n) is 5.46. The van der Waals surface area contributed by atoms with E-state index in [1.807, 2.05) is 29.2 Å². The van der Waals surface area contributed by atoms with E-state index in [2.05, 4.69) is 33.1 Å². The number of anilines is 1. The minimum Gasteiger partial charge on any atom is -0.383 e. The van der Waals surface area contributed by atoms with Gasteiger partial charge in [-0.2, -0.15) is 0 Å². The van der Waals surface area contributed by atoms with Crippen LogP contribution in [-0.4, -0.2) is 45.3 Å². The largest absolute Gasteiger partial charge is 0.383 e. The molecule has 0 atom stereocenters. The number of rotatable bonds is 4. The van der Waals surface area contributed by atoms with Gasteiger partial charge in [-0.05, 0) is 40.8 Å². The Balaban J connectivity index is 1.24. The molecule has 1 saturated heterocycles. The molecule has 30 heavy (non-hydrogen) atoms. The van der Waals surface area contributed by atoms with Crippen molar-refractivity contribution in [2.75, 3.05) is 25.4 Å². The van der Waals surface area contributed by atoms with Gasteiger partial charge in [0, 0.05) is 36.3 Å². The summed E-state index contributed by atoms with van der Waals surface area (Å²) in [6, 6.07) is 14.3. The van der Waals surface area contributed by atoms with Crippen molar-refractivity contribution in [3.63, 3.8) is 0 Å². The Labute approximate surface area is 182 Å². The highest BCUT2D eigenvalue weighted by Crippen LogP contribution is 2.30. The van der Waals surface area contributed by atoms with Crippen molar-refractivity contribution in [3.05, 3.63) is 64.3 Å². The number of nitrogen functional groups attached to an aromatic ring is 1. The maximum Gasteiger partial charge on any atom is 0.237 e. The minimum atomic E-state index is 0.142. The average Bonchev–Trinajstić information content (AvgIpc) is 3.09. The van der Waals surface area contributed by atoms with Crippen LogP contribution in [0.4, 0.5) is 5.82 Å². The fourth-order valence-corrected chi connectivity index (χ4v) is 5.12. The van der Waals surface area contributed by atoms with Crippen LogP contribution in [0.5, 0.6) is 0 Å². The topological polar surface area (TPSA) is 75.3 Å². The first-order valence-corrected chi connectivity index (χ1v) is 10.9. The van der Waals surface area contributed by atoms with Crippen LogP contribution in [-0.2, 0) is 17.9 Å². The Morgan fingerprint density at radius 3 is 2.73 bits per heavy atom. The maximum absolute atomic E-state index is 12.8. The van der Waals surface area contributed by atoms with Gasteiger partial charge in [0.1, 0.15) is 12.1 Å². The standard InChI is InChI=1S/C22H20ClN5OS/c23-20-9-16-3-1-15(8-19(16)30-20)10-27-5-6-28(21(29)12-27)11-14-2-4-17-18(7-14)25-13-26-22(17)24/h1-4,7-9,13H,5-6,10-12H2,(H2,24,25,26). The van der Waals surface area contributed by atoms with Gasteiger partial charge in [-0.25, -0.2) is 9.97 Å². The van der Waals surface area contributed by atoms with E-state index < -0.39 is 0 Å². The van der Waals surface area contributed by atoms with Crippen molar-refractivity contribution < 1.29 is 4.79 Å². The predicted molar refractivity (Wildman–Crippen MR) is 121 cm³/mol. The van der Waals surface area contributed by atoms with Crippen LogP contribution >= 0.6 is 22.9 Å². The molecule has 3 heterocycles. The van der Waals surface area contributed by atoms with Crippen LogP contribution in [0.2, 0.25) is 4.34 Å². The van der Waals surface area contributed by atoms with E-state index in [0.717, 1.165) is 39.3 Å². The van der Waals surface area contributed by atoms with Gasteiger partial charge in [0.05, 0.1) is 16.4 Å². The molecule has 0 radical (unpaired) electrons. The molecule has 1 aliphatic heterocycles. The van der Waals surface area contributed by atoms with Gasteiger partial charge in [0.25, 0.3) is 0 Å². The van der Waals surface area contributed by atoms with Crippen molar-refractivity contribution in [3.8, 4) is 0 Å². The van der Waals surface area contributed by atoms with Crippen molar-refractivity contribution in [2.24, 2.45) is 0 Å². The zero-order valence-corrected chi connectivity index (χ0v) is 17.8. The smallest absolute Gasteiger partial charge is 0.237 e. The second-order valence-electron chi connectivity index (χ2n) is 7.56. The summed E-state index contributed by atoms with van der Waals surface area (Å²) in [7, 11) is 0. The number of hydrogen-bond acceptors (Lipinski definition) is 6. The second kappa shape index (κ2) is 7.83. The Hall–Kier alpha value is -2.74. The molecular weight excluding hydrogens is 418 g/mol. The summed E-state index contributed by atoms with van der Waals surface area (Å²) in [5.74, 6) is 0.614. The van der Waals surface area contributed by atoms with E-state index in [9.17, 15) is 4.79 Å². The number of piperazine rings is 1. The normalized spacial score (nSPS) is 15.4. The van der Waals surface area contributed by atoms with Gasteiger partial charge >= 0.3 is 0 Å². The van der Waals surface area contributed by atoms with E-state index in [1.54, 1.807) is 11.3 Å². The number of amides is 1. The summed E-state index contributed by atoms with van der Waals surface area (Å²) in [5.41, 5.74) is 8.94. The van der Waals surface area contributed by atoms with E-state index in [4.69, 9.17) is 17.3 Å². The van der Waals surface area contributed by atoms with Crippen LogP contribution in [0.3, 0.4) is 0 Å². The third kappa shape index (κ3) is 3.84. The number of carbonyl (C=O) groups excluding carboxylic acids is 1. The lowest BCUT2D eigenvalue weighted by molar-refractivity contribution is -0.136. The molecule has 1 fully saturated rings. The van der Waals surface area contributed by atoms with Gasteiger partial charge in [-0.1, -0.05) is 29.8 Å². The summed E-state index contributed by atoms with van der Waals surface area (Å²) in [6.45, 7) is 3.31. The lowest BCUT2D eigenvalue weighted by Crippen LogP contribution is -2.49. The number of aromatic nitrogens is 2. The third-order valence-corrected chi connectivity index (χ3v) is 6.69. The monoisotopic (exact) mass is 437 g/mol. The number of hydrogen-bond donors (Lipinski definition) is 1. The van der Waals surface area contributed by atoms with E-state index in [-0.39, 0.29) is 5.91 Å². The molecule has 0 bridgehead atoms. The Morgan fingerprint density at radius 1 is 1.03 bits per heavy atom. The van der Waals surface area contributed by atoms with Crippen molar-refractivity contribution in [1.82, 2.24) is 19.8 Å². The Bertz CT molecular complexity index is 1260. The molecule has 0 aliphatic carbocycles. The van der Waals surface area contributed by atoms with Crippen LogP contribution in [0.1, 0.15) is 11.1 Å². The lowest BCUT2D eigenvalue weighted by Gasteiger charge is -2.34. The van der Waals surface area contributed by atoms with Crippen molar-refractivity contribution in [2.45, 2.75) is 13.1 Å². The minimum absolute atomic E-state index is 0.142. The zero-order chi connectivity index (χ0) is 20.7. The zero-order valence-electron chi connectivity index (χ0n) is 16.2. The molecule has 2 aromatic carbocycles. The van der Waals surface area contributed by atoms with Crippen molar-refractivity contribution >= 4 is 55.7 Å². The predicted octanol–water partition coefficient (Wildman–Crippen LogP) is 3.92. The Kier molecular flexibility index (Phi) is 5.02. The van der Waals surface area contributed by atoms with E-state index >= 15 is 0 Å². The first kappa shape index (κ1) is 19.2. The van der Waals surface area contributed by atoms with Crippen LogP contribution in [0.15, 0.2) is 48.8 Å².